The highest BCUT2D eigenvalue weighted by molar-refractivity contribution is 5.72. The molecule has 102 valence electrons. The molecule has 0 aromatic heterocycles. The van der Waals surface area contributed by atoms with Gasteiger partial charge in [0.25, 0.3) is 0 Å². The molecule has 20 heavy (non-hydrogen) atoms. The number of fused-ring (bicyclic) bond motifs is 2. The van der Waals surface area contributed by atoms with Crippen molar-refractivity contribution in [1.29, 1.82) is 0 Å². The Bertz CT molecular complexity index is 601. The molecule has 0 N–H and O–H groups in total. The first-order chi connectivity index (χ1) is 9.66. The van der Waals surface area contributed by atoms with Gasteiger partial charge in [-0.15, -0.1) is 0 Å². The number of esters is 1. The van der Waals surface area contributed by atoms with E-state index in [0.29, 0.717) is 0 Å². The second-order valence-electron chi connectivity index (χ2n) is 5.15. The number of para-hydroxylation sites is 2. The molecule has 0 spiro atoms. The van der Waals surface area contributed by atoms with Crippen molar-refractivity contribution in [3.05, 3.63) is 59.7 Å². The largest absolute Gasteiger partial charge is 0.456 e. The maximum Gasteiger partial charge on any atom is 0.309 e. The Labute approximate surface area is 118 Å². The monoisotopic (exact) mass is 268 g/mol. The lowest BCUT2D eigenvalue weighted by atomic mass is 9.97. The summed E-state index contributed by atoms with van der Waals surface area (Å²) in [6.07, 6.45) is -0.397. The zero-order valence-electron chi connectivity index (χ0n) is 11.5. The van der Waals surface area contributed by atoms with Crippen LogP contribution in [0.5, 0.6) is 11.5 Å². The Morgan fingerprint density at radius 3 is 2.00 bits per heavy atom. The number of carbonyl (C=O) groups excluding carboxylic acids is 1. The molecule has 0 fully saturated rings. The molecular weight excluding hydrogens is 252 g/mol. The van der Waals surface area contributed by atoms with Gasteiger partial charge in [-0.2, -0.15) is 0 Å². The lowest BCUT2D eigenvalue weighted by molar-refractivity contribution is -0.151. The van der Waals surface area contributed by atoms with Crippen molar-refractivity contribution in [2.24, 2.45) is 5.92 Å². The predicted octanol–water partition coefficient (Wildman–Crippen LogP) is 4.08. The Morgan fingerprint density at radius 2 is 1.50 bits per heavy atom. The van der Waals surface area contributed by atoms with Crippen molar-refractivity contribution >= 4 is 5.97 Å². The third kappa shape index (κ3) is 2.16. The van der Waals surface area contributed by atoms with Crippen LogP contribution in [0.3, 0.4) is 0 Å². The van der Waals surface area contributed by atoms with Gasteiger partial charge in [-0.3, -0.25) is 4.79 Å². The standard InChI is InChI=1S/C17H16O3/c1-11(2)17(18)20-16-12-7-3-5-9-14(12)19-15-10-6-4-8-13(15)16/h3-11,16H,1-2H3. The Balaban J connectivity index is 2.05. The Kier molecular flexibility index (Phi) is 3.18. The van der Waals surface area contributed by atoms with Crippen LogP contribution in [-0.2, 0) is 9.53 Å². The first-order valence-corrected chi connectivity index (χ1v) is 6.73. The fourth-order valence-electron chi connectivity index (χ4n) is 2.25. The summed E-state index contributed by atoms with van der Waals surface area (Å²) in [5.41, 5.74) is 1.78. The van der Waals surface area contributed by atoms with Crippen molar-refractivity contribution in [3.8, 4) is 11.5 Å². The average Bonchev–Trinajstić information content (AvgIpc) is 2.46. The van der Waals surface area contributed by atoms with Gasteiger partial charge in [-0.05, 0) is 12.1 Å². The zero-order valence-corrected chi connectivity index (χ0v) is 11.5. The number of hydrogen-bond acceptors (Lipinski definition) is 3. The zero-order chi connectivity index (χ0) is 14.1. The molecule has 0 saturated heterocycles. The molecule has 3 rings (SSSR count). The van der Waals surface area contributed by atoms with E-state index in [1.807, 2.05) is 62.4 Å². The summed E-state index contributed by atoms with van der Waals surface area (Å²) >= 11 is 0. The van der Waals surface area contributed by atoms with Crippen molar-refractivity contribution in [3.63, 3.8) is 0 Å². The van der Waals surface area contributed by atoms with E-state index >= 15 is 0 Å². The van der Waals surface area contributed by atoms with Crippen LogP contribution in [0.1, 0.15) is 31.1 Å². The lowest BCUT2D eigenvalue weighted by Crippen LogP contribution is -2.20. The fourth-order valence-corrected chi connectivity index (χ4v) is 2.25. The van der Waals surface area contributed by atoms with Gasteiger partial charge in [0.1, 0.15) is 11.5 Å². The van der Waals surface area contributed by atoms with Gasteiger partial charge in [0.2, 0.25) is 0 Å². The summed E-state index contributed by atoms with van der Waals surface area (Å²) in [5, 5.41) is 0. The first-order valence-electron chi connectivity index (χ1n) is 6.73. The molecule has 2 aromatic rings. The van der Waals surface area contributed by atoms with Crippen LogP contribution in [-0.4, -0.2) is 5.97 Å². The molecule has 3 nitrogen and oxygen atoms in total. The molecule has 0 saturated carbocycles. The normalized spacial score (nSPS) is 13.3. The highest BCUT2D eigenvalue weighted by Crippen LogP contribution is 2.44. The summed E-state index contributed by atoms with van der Waals surface area (Å²) in [5.74, 6) is 1.12. The van der Waals surface area contributed by atoms with E-state index in [2.05, 4.69) is 0 Å². The molecule has 0 radical (unpaired) electrons. The predicted molar refractivity (Wildman–Crippen MR) is 75.7 cm³/mol. The van der Waals surface area contributed by atoms with Crippen LogP contribution in [0, 0.1) is 5.92 Å². The maximum absolute atomic E-state index is 12.0. The van der Waals surface area contributed by atoms with Gasteiger partial charge >= 0.3 is 5.97 Å². The van der Waals surface area contributed by atoms with Gasteiger partial charge in [0.15, 0.2) is 6.10 Å². The smallest absolute Gasteiger partial charge is 0.309 e. The van der Waals surface area contributed by atoms with Crippen LogP contribution >= 0.6 is 0 Å². The number of rotatable bonds is 2. The number of hydrogen-bond donors (Lipinski definition) is 0. The third-order valence-electron chi connectivity index (χ3n) is 3.33. The van der Waals surface area contributed by atoms with Crippen LogP contribution in [0.15, 0.2) is 48.5 Å². The number of ether oxygens (including phenoxy) is 2. The average molecular weight is 268 g/mol. The molecule has 0 amide bonds. The van der Waals surface area contributed by atoms with E-state index in [4.69, 9.17) is 9.47 Å². The summed E-state index contributed by atoms with van der Waals surface area (Å²) in [7, 11) is 0. The molecule has 2 aromatic carbocycles. The second kappa shape index (κ2) is 5.00. The van der Waals surface area contributed by atoms with E-state index in [1.54, 1.807) is 0 Å². The molecule has 1 aliphatic rings. The number of benzene rings is 2. The van der Waals surface area contributed by atoms with Gasteiger partial charge in [-0.1, -0.05) is 50.2 Å². The minimum absolute atomic E-state index is 0.155. The molecule has 1 heterocycles. The summed E-state index contributed by atoms with van der Waals surface area (Å²) < 4.78 is 11.5. The van der Waals surface area contributed by atoms with E-state index in [1.165, 1.54) is 0 Å². The molecule has 1 aliphatic heterocycles. The van der Waals surface area contributed by atoms with Crippen LogP contribution < -0.4 is 4.74 Å². The van der Waals surface area contributed by atoms with Crippen molar-refractivity contribution in [1.82, 2.24) is 0 Å². The summed E-state index contributed by atoms with van der Waals surface area (Å²) in [6, 6.07) is 15.3. The summed E-state index contributed by atoms with van der Waals surface area (Å²) in [4.78, 5) is 12.0. The van der Waals surface area contributed by atoms with E-state index in [0.717, 1.165) is 22.6 Å². The highest BCUT2D eigenvalue weighted by Gasteiger charge is 2.30. The minimum atomic E-state index is -0.397. The van der Waals surface area contributed by atoms with Gasteiger partial charge in [0, 0.05) is 11.1 Å². The first kappa shape index (κ1) is 12.7. The third-order valence-corrected chi connectivity index (χ3v) is 3.33. The van der Waals surface area contributed by atoms with Crippen molar-refractivity contribution < 1.29 is 14.3 Å². The van der Waals surface area contributed by atoms with E-state index in [9.17, 15) is 4.79 Å². The highest BCUT2D eigenvalue weighted by atomic mass is 16.6. The second-order valence-corrected chi connectivity index (χ2v) is 5.15. The molecule has 0 atom stereocenters. The lowest BCUT2D eigenvalue weighted by Gasteiger charge is -2.28. The molecular formula is C17H16O3. The topological polar surface area (TPSA) is 35.5 Å². The fraction of sp³-hybridized carbons (Fsp3) is 0.235. The van der Waals surface area contributed by atoms with Crippen LogP contribution in [0.4, 0.5) is 0 Å². The number of carbonyl (C=O) groups is 1. The maximum atomic E-state index is 12.0. The molecule has 0 bridgehead atoms. The van der Waals surface area contributed by atoms with Crippen molar-refractivity contribution in [2.75, 3.05) is 0 Å². The molecule has 3 heteroatoms. The molecule has 0 unspecified atom stereocenters. The van der Waals surface area contributed by atoms with Crippen LogP contribution in [0.2, 0.25) is 0 Å². The minimum Gasteiger partial charge on any atom is -0.456 e. The molecule has 0 aliphatic carbocycles. The van der Waals surface area contributed by atoms with E-state index in [-0.39, 0.29) is 11.9 Å². The van der Waals surface area contributed by atoms with Crippen molar-refractivity contribution in [2.45, 2.75) is 20.0 Å². The van der Waals surface area contributed by atoms with Gasteiger partial charge in [-0.25, -0.2) is 0 Å². The Hall–Kier alpha value is -2.29. The SMILES string of the molecule is CC(C)C(=O)OC1c2ccccc2Oc2ccccc21. The van der Waals surface area contributed by atoms with Gasteiger partial charge in [0.05, 0.1) is 5.92 Å². The van der Waals surface area contributed by atoms with Gasteiger partial charge < -0.3 is 9.47 Å². The Morgan fingerprint density at radius 1 is 1.00 bits per heavy atom. The van der Waals surface area contributed by atoms with E-state index < -0.39 is 6.10 Å². The van der Waals surface area contributed by atoms with Crippen LogP contribution in [0.25, 0.3) is 0 Å². The quantitative estimate of drug-likeness (QED) is 0.770. The summed E-state index contributed by atoms with van der Waals surface area (Å²) in [6.45, 7) is 3.67.